The Kier molecular flexibility index (Phi) is 2.63. The smallest absolute Gasteiger partial charge is 0.314 e. The minimum absolute atomic E-state index is 0.330. The van der Waals surface area contributed by atoms with Crippen molar-refractivity contribution >= 4 is 5.97 Å². The van der Waals surface area contributed by atoms with E-state index in [1.165, 1.54) is 19.3 Å². The number of carboxylic acids is 1. The molecule has 0 heterocycles. The molecule has 3 rings (SSSR count). The molecule has 0 bridgehead atoms. The van der Waals surface area contributed by atoms with Gasteiger partial charge < -0.3 is 9.84 Å². The summed E-state index contributed by atoms with van der Waals surface area (Å²) in [6.07, 6.45) is 5.24. The van der Waals surface area contributed by atoms with Crippen LogP contribution in [0.5, 0.6) is 5.75 Å². The maximum Gasteiger partial charge on any atom is 0.314 e. The Morgan fingerprint density at radius 3 is 2.47 bits per heavy atom. The zero-order valence-corrected chi connectivity index (χ0v) is 11.5. The van der Waals surface area contributed by atoms with Gasteiger partial charge in [-0.2, -0.15) is 0 Å². The van der Waals surface area contributed by atoms with Crippen LogP contribution >= 0.6 is 0 Å². The predicted molar refractivity (Wildman–Crippen MR) is 72.6 cm³/mol. The van der Waals surface area contributed by atoms with Crippen LogP contribution in [0.2, 0.25) is 0 Å². The largest absolute Gasteiger partial charge is 0.496 e. The number of ether oxygens (including phenoxy) is 1. The third-order valence-electron chi connectivity index (χ3n) is 5.14. The van der Waals surface area contributed by atoms with E-state index in [-0.39, 0.29) is 0 Å². The van der Waals surface area contributed by atoms with Crippen molar-refractivity contribution in [3.8, 4) is 5.75 Å². The van der Waals surface area contributed by atoms with Crippen LogP contribution in [0.3, 0.4) is 0 Å². The van der Waals surface area contributed by atoms with Gasteiger partial charge in [0.15, 0.2) is 0 Å². The van der Waals surface area contributed by atoms with Gasteiger partial charge in [-0.15, -0.1) is 0 Å². The normalized spacial score (nSPS) is 22.4. The lowest BCUT2D eigenvalue weighted by molar-refractivity contribution is -0.160. The van der Waals surface area contributed by atoms with Gasteiger partial charge in [0.1, 0.15) is 5.75 Å². The number of aryl methyl sites for hydroxylation is 1. The lowest BCUT2D eigenvalue weighted by atomic mass is 9.44. The Morgan fingerprint density at radius 1 is 1.32 bits per heavy atom. The SMILES string of the molecule is COc1cc(C2(C(=O)O)CC3(CCC3)C2)ccc1C. The van der Waals surface area contributed by atoms with Crippen LogP contribution in [-0.2, 0) is 10.2 Å². The molecule has 1 N–H and O–H groups in total. The topological polar surface area (TPSA) is 46.5 Å². The van der Waals surface area contributed by atoms with Crippen LogP contribution in [0.1, 0.15) is 43.2 Å². The molecule has 0 amide bonds. The second-order valence-electron chi connectivity index (χ2n) is 6.28. The maximum atomic E-state index is 11.8. The van der Waals surface area contributed by atoms with Crippen LogP contribution in [0.4, 0.5) is 0 Å². The first-order valence-electron chi connectivity index (χ1n) is 6.90. The van der Waals surface area contributed by atoms with Gasteiger partial charge in [-0.1, -0.05) is 18.6 Å². The van der Waals surface area contributed by atoms with Gasteiger partial charge in [-0.05, 0) is 55.2 Å². The van der Waals surface area contributed by atoms with Crippen molar-refractivity contribution in [1.82, 2.24) is 0 Å². The van der Waals surface area contributed by atoms with Gasteiger partial charge >= 0.3 is 5.97 Å². The van der Waals surface area contributed by atoms with Crippen LogP contribution in [0.25, 0.3) is 0 Å². The summed E-state index contributed by atoms with van der Waals surface area (Å²) in [6, 6.07) is 5.83. The number of hydrogen-bond donors (Lipinski definition) is 1. The summed E-state index contributed by atoms with van der Waals surface area (Å²) in [4.78, 5) is 11.8. The number of methoxy groups -OCH3 is 1. The summed E-state index contributed by atoms with van der Waals surface area (Å²) < 4.78 is 5.33. The van der Waals surface area contributed by atoms with Gasteiger partial charge in [0.2, 0.25) is 0 Å². The molecule has 2 aliphatic rings. The molecule has 2 aliphatic carbocycles. The summed E-state index contributed by atoms with van der Waals surface area (Å²) in [6.45, 7) is 1.98. The highest BCUT2D eigenvalue weighted by Gasteiger charge is 2.61. The zero-order valence-electron chi connectivity index (χ0n) is 11.5. The molecule has 2 fully saturated rings. The lowest BCUT2D eigenvalue weighted by Gasteiger charge is -2.59. The zero-order chi connectivity index (χ0) is 13.7. The van der Waals surface area contributed by atoms with E-state index in [1.54, 1.807) is 7.11 Å². The Bertz CT molecular complexity index is 521. The van der Waals surface area contributed by atoms with E-state index < -0.39 is 11.4 Å². The second-order valence-corrected chi connectivity index (χ2v) is 6.28. The highest BCUT2D eigenvalue weighted by Crippen LogP contribution is 2.65. The molecule has 0 atom stereocenters. The van der Waals surface area contributed by atoms with E-state index in [0.29, 0.717) is 5.41 Å². The first-order chi connectivity index (χ1) is 9.01. The van der Waals surface area contributed by atoms with Crippen molar-refractivity contribution in [2.45, 2.75) is 44.4 Å². The number of benzene rings is 1. The van der Waals surface area contributed by atoms with Crippen LogP contribution in [0.15, 0.2) is 18.2 Å². The van der Waals surface area contributed by atoms with E-state index in [2.05, 4.69) is 0 Å². The third-order valence-corrected chi connectivity index (χ3v) is 5.14. The molecular formula is C16H20O3. The van der Waals surface area contributed by atoms with Gasteiger partial charge in [-0.3, -0.25) is 4.79 Å². The molecule has 3 nitrogen and oxygen atoms in total. The number of carbonyl (C=O) groups is 1. The number of carboxylic acid groups (broad SMARTS) is 1. The fraction of sp³-hybridized carbons (Fsp3) is 0.562. The Hall–Kier alpha value is -1.51. The van der Waals surface area contributed by atoms with Crippen molar-refractivity contribution < 1.29 is 14.6 Å². The number of hydrogen-bond acceptors (Lipinski definition) is 2. The van der Waals surface area contributed by atoms with E-state index in [0.717, 1.165) is 29.7 Å². The van der Waals surface area contributed by atoms with Crippen molar-refractivity contribution in [2.75, 3.05) is 7.11 Å². The predicted octanol–water partition coefficient (Wildman–Crippen LogP) is 3.29. The van der Waals surface area contributed by atoms with Crippen LogP contribution in [-0.4, -0.2) is 18.2 Å². The molecule has 0 aromatic heterocycles. The van der Waals surface area contributed by atoms with E-state index in [4.69, 9.17) is 4.74 Å². The summed E-state index contributed by atoms with van der Waals surface area (Å²) in [5.41, 5.74) is 1.60. The van der Waals surface area contributed by atoms with Crippen molar-refractivity contribution in [3.63, 3.8) is 0 Å². The van der Waals surface area contributed by atoms with Gasteiger partial charge in [0.05, 0.1) is 12.5 Å². The van der Waals surface area contributed by atoms with E-state index >= 15 is 0 Å². The van der Waals surface area contributed by atoms with Crippen molar-refractivity contribution in [1.29, 1.82) is 0 Å². The second kappa shape index (κ2) is 3.99. The minimum atomic E-state index is -0.684. The summed E-state index contributed by atoms with van der Waals surface area (Å²) >= 11 is 0. The standard InChI is InChI=1S/C16H20O3/c1-11-4-5-12(8-13(11)19-2)16(14(17)18)9-15(10-16)6-3-7-15/h4-5,8H,3,6-7,9-10H2,1-2H3,(H,17,18). The molecule has 1 aromatic rings. The quantitative estimate of drug-likeness (QED) is 0.907. The van der Waals surface area contributed by atoms with Gasteiger partial charge in [-0.25, -0.2) is 0 Å². The fourth-order valence-electron chi connectivity index (χ4n) is 3.86. The van der Waals surface area contributed by atoms with Gasteiger partial charge in [0, 0.05) is 0 Å². The molecule has 2 saturated carbocycles. The number of rotatable bonds is 3. The Labute approximate surface area is 113 Å². The summed E-state index contributed by atoms with van der Waals surface area (Å²) in [7, 11) is 1.63. The third kappa shape index (κ3) is 1.67. The molecule has 102 valence electrons. The summed E-state index contributed by atoms with van der Waals surface area (Å²) in [5.74, 6) is 0.101. The average molecular weight is 260 g/mol. The molecule has 1 spiro atoms. The van der Waals surface area contributed by atoms with E-state index in [9.17, 15) is 9.90 Å². The molecular weight excluding hydrogens is 240 g/mol. The summed E-state index contributed by atoms with van der Waals surface area (Å²) in [5, 5.41) is 9.68. The molecule has 0 unspecified atom stereocenters. The van der Waals surface area contributed by atoms with E-state index in [1.807, 2.05) is 25.1 Å². The molecule has 3 heteroatoms. The van der Waals surface area contributed by atoms with Crippen molar-refractivity contribution in [3.05, 3.63) is 29.3 Å². The molecule has 0 aliphatic heterocycles. The lowest BCUT2D eigenvalue weighted by Crippen LogP contribution is -2.57. The molecule has 1 aromatic carbocycles. The highest BCUT2D eigenvalue weighted by molar-refractivity contribution is 5.83. The fourth-order valence-corrected chi connectivity index (χ4v) is 3.86. The van der Waals surface area contributed by atoms with Crippen molar-refractivity contribution in [2.24, 2.45) is 5.41 Å². The molecule has 19 heavy (non-hydrogen) atoms. The Balaban J connectivity index is 1.96. The first kappa shape index (κ1) is 12.5. The average Bonchev–Trinajstić information content (AvgIpc) is 2.27. The molecule has 0 saturated heterocycles. The number of aliphatic carboxylic acids is 1. The first-order valence-corrected chi connectivity index (χ1v) is 6.90. The highest BCUT2D eigenvalue weighted by atomic mass is 16.5. The van der Waals surface area contributed by atoms with Gasteiger partial charge in [0.25, 0.3) is 0 Å². The molecule has 0 radical (unpaired) electrons. The minimum Gasteiger partial charge on any atom is -0.496 e. The maximum absolute atomic E-state index is 11.8. The van der Waals surface area contributed by atoms with Crippen LogP contribution < -0.4 is 4.74 Å². The van der Waals surface area contributed by atoms with Crippen LogP contribution in [0, 0.1) is 12.3 Å². The Morgan fingerprint density at radius 2 is 2.00 bits per heavy atom. The monoisotopic (exact) mass is 260 g/mol.